The van der Waals surface area contributed by atoms with E-state index < -0.39 is 17.2 Å². The molecular formula is C14H15N5O3. The molecule has 1 aliphatic heterocycles. The summed E-state index contributed by atoms with van der Waals surface area (Å²) < 4.78 is 0. The van der Waals surface area contributed by atoms with Gasteiger partial charge >= 0.3 is 5.69 Å². The maximum Gasteiger partial charge on any atom is 0.325 e. The molecule has 1 atom stereocenters. The summed E-state index contributed by atoms with van der Waals surface area (Å²) in [7, 11) is 0. The molecule has 3 heterocycles. The molecule has 0 spiro atoms. The monoisotopic (exact) mass is 301 g/mol. The number of likely N-dealkylation sites (tertiary alicyclic amines) is 1. The number of amides is 1. The van der Waals surface area contributed by atoms with Crippen LogP contribution in [0.25, 0.3) is 0 Å². The van der Waals surface area contributed by atoms with E-state index in [2.05, 4.69) is 19.9 Å². The quantitative estimate of drug-likeness (QED) is 0.797. The van der Waals surface area contributed by atoms with Crippen LogP contribution in [0.5, 0.6) is 0 Å². The average molecular weight is 301 g/mol. The number of hydrogen-bond acceptors (Lipinski definition) is 5. The number of H-pyrrole nitrogens is 2. The Hall–Kier alpha value is -2.77. The van der Waals surface area contributed by atoms with Gasteiger partial charge in [0.1, 0.15) is 11.4 Å². The minimum absolute atomic E-state index is 0.0608. The Morgan fingerprint density at radius 3 is 2.95 bits per heavy atom. The largest absolute Gasteiger partial charge is 0.338 e. The van der Waals surface area contributed by atoms with Crippen LogP contribution in [0.15, 0.2) is 28.0 Å². The Bertz CT molecular complexity index is 825. The third kappa shape index (κ3) is 2.67. The van der Waals surface area contributed by atoms with E-state index in [1.807, 2.05) is 13.0 Å². The lowest BCUT2D eigenvalue weighted by Crippen LogP contribution is -2.35. The van der Waals surface area contributed by atoms with Crippen molar-refractivity contribution in [2.24, 2.45) is 0 Å². The van der Waals surface area contributed by atoms with Gasteiger partial charge in [-0.2, -0.15) is 0 Å². The van der Waals surface area contributed by atoms with Gasteiger partial charge in [-0.05, 0) is 19.4 Å². The summed E-state index contributed by atoms with van der Waals surface area (Å²) in [5.74, 6) is 0.379. The third-order valence-corrected chi connectivity index (χ3v) is 3.70. The van der Waals surface area contributed by atoms with Gasteiger partial charge in [-0.1, -0.05) is 0 Å². The zero-order valence-electron chi connectivity index (χ0n) is 12.0. The highest BCUT2D eigenvalue weighted by molar-refractivity contribution is 5.93. The van der Waals surface area contributed by atoms with Crippen molar-refractivity contribution in [3.8, 4) is 0 Å². The lowest BCUT2D eigenvalue weighted by atomic mass is 10.1. The fourth-order valence-electron chi connectivity index (χ4n) is 2.56. The molecule has 2 N–H and O–H groups in total. The molecule has 0 radical (unpaired) electrons. The summed E-state index contributed by atoms with van der Waals surface area (Å²) in [5.41, 5.74) is -0.490. The highest BCUT2D eigenvalue weighted by Crippen LogP contribution is 2.25. The van der Waals surface area contributed by atoms with Gasteiger partial charge < -0.3 is 9.88 Å². The van der Waals surface area contributed by atoms with Crippen molar-refractivity contribution in [1.82, 2.24) is 24.8 Å². The zero-order valence-corrected chi connectivity index (χ0v) is 12.0. The average Bonchev–Trinajstić information content (AvgIpc) is 2.96. The summed E-state index contributed by atoms with van der Waals surface area (Å²) in [6.45, 7) is 2.88. The normalized spacial score (nSPS) is 17.7. The second kappa shape index (κ2) is 5.55. The van der Waals surface area contributed by atoms with Crippen molar-refractivity contribution < 1.29 is 4.79 Å². The Labute approximate surface area is 125 Å². The Morgan fingerprint density at radius 2 is 2.23 bits per heavy atom. The Kier molecular flexibility index (Phi) is 3.58. The van der Waals surface area contributed by atoms with Crippen molar-refractivity contribution >= 4 is 5.91 Å². The molecule has 0 unspecified atom stereocenters. The predicted octanol–water partition coefficient (Wildman–Crippen LogP) is -0.209. The fourth-order valence-corrected chi connectivity index (χ4v) is 2.56. The molecule has 1 fully saturated rings. The topological polar surface area (TPSA) is 112 Å². The molecule has 22 heavy (non-hydrogen) atoms. The summed E-state index contributed by atoms with van der Waals surface area (Å²) in [4.78, 5) is 49.6. The number of rotatable bonds is 2. The van der Waals surface area contributed by atoms with Crippen molar-refractivity contribution in [2.45, 2.75) is 19.3 Å². The van der Waals surface area contributed by atoms with Crippen LogP contribution in [-0.2, 0) is 0 Å². The van der Waals surface area contributed by atoms with Crippen LogP contribution < -0.4 is 11.2 Å². The second-order valence-corrected chi connectivity index (χ2v) is 5.28. The van der Waals surface area contributed by atoms with E-state index >= 15 is 0 Å². The lowest BCUT2D eigenvalue weighted by Gasteiger charge is -2.15. The van der Waals surface area contributed by atoms with E-state index in [4.69, 9.17) is 0 Å². The van der Waals surface area contributed by atoms with Crippen LogP contribution >= 0.6 is 0 Å². The van der Waals surface area contributed by atoms with E-state index in [-0.39, 0.29) is 11.5 Å². The number of aromatic nitrogens is 4. The van der Waals surface area contributed by atoms with Crippen molar-refractivity contribution in [2.75, 3.05) is 13.1 Å². The number of nitrogens with zero attached hydrogens (tertiary/aromatic N) is 3. The van der Waals surface area contributed by atoms with E-state index in [9.17, 15) is 14.4 Å². The van der Waals surface area contributed by atoms with Crippen LogP contribution in [-0.4, -0.2) is 43.8 Å². The van der Waals surface area contributed by atoms with Gasteiger partial charge in [0, 0.05) is 37.1 Å². The standard InChI is InChI=1S/C14H15N5O3/c1-8-2-4-15-11(17-8)9-3-5-19(7-9)13(21)10-6-16-14(22)18-12(10)20/h2,4,6,9H,3,5,7H2,1H3,(H2,16,18,20,22)/t9-/m0/s1. The van der Waals surface area contributed by atoms with Crippen molar-refractivity contribution in [3.63, 3.8) is 0 Å². The molecular weight excluding hydrogens is 286 g/mol. The number of hydrogen-bond donors (Lipinski definition) is 2. The molecule has 0 saturated carbocycles. The van der Waals surface area contributed by atoms with E-state index in [0.29, 0.717) is 18.9 Å². The second-order valence-electron chi connectivity index (χ2n) is 5.28. The molecule has 8 heteroatoms. The number of aryl methyl sites for hydroxylation is 1. The van der Waals surface area contributed by atoms with Gasteiger partial charge in [0.15, 0.2) is 0 Å². The molecule has 0 bridgehead atoms. The van der Waals surface area contributed by atoms with Crippen molar-refractivity contribution in [1.29, 1.82) is 0 Å². The van der Waals surface area contributed by atoms with Crippen LogP contribution in [0.1, 0.15) is 34.2 Å². The van der Waals surface area contributed by atoms with Gasteiger partial charge in [-0.25, -0.2) is 14.8 Å². The molecule has 2 aromatic rings. The minimum Gasteiger partial charge on any atom is -0.338 e. The van der Waals surface area contributed by atoms with Gasteiger partial charge in [-0.15, -0.1) is 0 Å². The lowest BCUT2D eigenvalue weighted by molar-refractivity contribution is 0.0788. The maximum absolute atomic E-state index is 12.4. The van der Waals surface area contributed by atoms with Crippen LogP contribution in [0.4, 0.5) is 0 Å². The highest BCUT2D eigenvalue weighted by Gasteiger charge is 2.30. The molecule has 0 aliphatic carbocycles. The van der Waals surface area contributed by atoms with Gasteiger partial charge in [0.25, 0.3) is 11.5 Å². The molecule has 1 saturated heterocycles. The molecule has 3 rings (SSSR count). The first kappa shape index (κ1) is 14.2. The predicted molar refractivity (Wildman–Crippen MR) is 77.7 cm³/mol. The maximum atomic E-state index is 12.4. The SMILES string of the molecule is Cc1ccnc([C@H]2CCN(C(=O)c3c[nH]c(=O)[nH]c3=O)C2)n1. The first-order valence-electron chi connectivity index (χ1n) is 6.95. The number of carbonyl (C=O) groups is 1. The van der Waals surface area contributed by atoms with Crippen molar-refractivity contribution in [3.05, 3.63) is 56.4 Å². The van der Waals surface area contributed by atoms with Gasteiger partial charge in [-0.3, -0.25) is 14.6 Å². The first-order chi connectivity index (χ1) is 10.5. The van der Waals surface area contributed by atoms with Gasteiger partial charge in [0.2, 0.25) is 0 Å². The zero-order chi connectivity index (χ0) is 15.7. The Balaban J connectivity index is 1.79. The molecule has 2 aromatic heterocycles. The van der Waals surface area contributed by atoms with Crippen LogP contribution in [0.3, 0.4) is 0 Å². The molecule has 114 valence electrons. The van der Waals surface area contributed by atoms with E-state index in [0.717, 1.165) is 18.3 Å². The highest BCUT2D eigenvalue weighted by atomic mass is 16.2. The van der Waals surface area contributed by atoms with Crippen LogP contribution in [0, 0.1) is 6.92 Å². The molecule has 1 aliphatic rings. The third-order valence-electron chi connectivity index (χ3n) is 3.70. The first-order valence-corrected chi connectivity index (χ1v) is 6.95. The van der Waals surface area contributed by atoms with Gasteiger partial charge in [0.05, 0.1) is 0 Å². The number of carbonyl (C=O) groups excluding carboxylic acids is 1. The summed E-state index contributed by atoms with van der Waals surface area (Å²) >= 11 is 0. The van der Waals surface area contributed by atoms with E-state index in [1.165, 1.54) is 0 Å². The smallest absolute Gasteiger partial charge is 0.325 e. The molecule has 8 nitrogen and oxygen atoms in total. The van der Waals surface area contributed by atoms with Crippen LogP contribution in [0.2, 0.25) is 0 Å². The summed E-state index contributed by atoms with van der Waals surface area (Å²) in [6, 6.07) is 1.82. The number of aromatic amines is 2. The van der Waals surface area contributed by atoms with E-state index in [1.54, 1.807) is 11.1 Å². The molecule has 1 amide bonds. The minimum atomic E-state index is -0.677. The Morgan fingerprint density at radius 1 is 1.41 bits per heavy atom. The summed E-state index contributed by atoms with van der Waals surface area (Å²) in [6.07, 6.45) is 3.60. The summed E-state index contributed by atoms with van der Waals surface area (Å²) in [5, 5.41) is 0. The fraction of sp³-hybridized carbons (Fsp3) is 0.357. The number of nitrogens with one attached hydrogen (secondary N) is 2. The molecule has 0 aromatic carbocycles.